The predicted octanol–water partition coefficient (Wildman–Crippen LogP) is 6.14. The lowest BCUT2D eigenvalue weighted by Crippen LogP contribution is -2.32. The van der Waals surface area contributed by atoms with Crippen molar-refractivity contribution >= 4 is 40.4 Å². The lowest BCUT2D eigenvalue weighted by molar-refractivity contribution is -0.120. The average molecular weight is 461 g/mol. The summed E-state index contributed by atoms with van der Waals surface area (Å²) >= 11 is 6.29. The minimum absolute atomic E-state index is 0.203. The Morgan fingerprint density at radius 2 is 1.67 bits per heavy atom. The Morgan fingerprint density at radius 1 is 0.939 bits per heavy atom. The molecule has 2 amide bonds. The van der Waals surface area contributed by atoms with Gasteiger partial charge >= 0.3 is 0 Å². The van der Waals surface area contributed by atoms with Gasteiger partial charge in [0.05, 0.1) is 17.9 Å². The molecule has 4 rings (SSSR count). The van der Waals surface area contributed by atoms with E-state index in [2.05, 4.69) is 5.32 Å². The average Bonchev–Trinajstić information content (AvgIpc) is 3.05. The highest BCUT2D eigenvalue weighted by Crippen LogP contribution is 2.38. The van der Waals surface area contributed by atoms with Crippen LogP contribution in [0.25, 0.3) is 5.57 Å². The molecular formula is C27H25ClN2O3. The quantitative estimate of drug-likeness (QED) is 0.430. The molecule has 1 aliphatic rings. The van der Waals surface area contributed by atoms with Crippen molar-refractivity contribution in [2.24, 2.45) is 0 Å². The van der Waals surface area contributed by atoms with Gasteiger partial charge in [0, 0.05) is 10.7 Å². The van der Waals surface area contributed by atoms with E-state index in [0.717, 1.165) is 17.5 Å². The van der Waals surface area contributed by atoms with Crippen LogP contribution in [0.5, 0.6) is 5.75 Å². The number of carbonyl (C=O) groups is 2. The van der Waals surface area contributed by atoms with Crippen molar-refractivity contribution in [2.45, 2.75) is 27.2 Å². The van der Waals surface area contributed by atoms with Crippen LogP contribution in [0, 0.1) is 13.8 Å². The second kappa shape index (κ2) is 9.51. The fraction of sp³-hybridized carbons (Fsp3) is 0.185. The third-order valence-electron chi connectivity index (χ3n) is 5.43. The molecule has 0 unspecified atom stereocenters. The van der Waals surface area contributed by atoms with E-state index >= 15 is 0 Å². The van der Waals surface area contributed by atoms with Gasteiger partial charge in [-0.05, 0) is 55.7 Å². The van der Waals surface area contributed by atoms with E-state index in [1.54, 1.807) is 24.3 Å². The second-order valence-electron chi connectivity index (χ2n) is 7.97. The van der Waals surface area contributed by atoms with E-state index in [1.165, 1.54) is 4.90 Å². The molecule has 0 fully saturated rings. The Bertz CT molecular complexity index is 1250. The largest absolute Gasteiger partial charge is 0.491 e. The molecule has 0 aliphatic carbocycles. The zero-order chi connectivity index (χ0) is 23.5. The normalized spacial score (nSPS) is 13.6. The lowest BCUT2D eigenvalue weighted by Gasteiger charge is -2.19. The monoisotopic (exact) mass is 460 g/mol. The standard InChI is InChI=1S/C27H25ClN2O3/c1-4-15-33-23-8-6-5-7-22(23)30-26(31)24(19-12-9-17(2)10-13-19)25(27(30)32)29-20-14-11-18(3)21(28)16-20/h5-14,16,29H,4,15H2,1-3H3. The molecule has 1 aliphatic heterocycles. The fourth-order valence-corrected chi connectivity index (χ4v) is 3.82. The van der Waals surface area contributed by atoms with Crippen molar-refractivity contribution in [1.82, 2.24) is 0 Å². The van der Waals surface area contributed by atoms with Crippen LogP contribution in [-0.4, -0.2) is 18.4 Å². The number of benzene rings is 3. The Morgan fingerprint density at radius 3 is 2.36 bits per heavy atom. The first-order valence-corrected chi connectivity index (χ1v) is 11.2. The molecule has 0 radical (unpaired) electrons. The number of amides is 2. The molecule has 33 heavy (non-hydrogen) atoms. The molecule has 3 aromatic carbocycles. The molecule has 5 nitrogen and oxygen atoms in total. The molecule has 0 aromatic heterocycles. The van der Waals surface area contributed by atoms with Gasteiger partial charge in [0.1, 0.15) is 11.4 Å². The van der Waals surface area contributed by atoms with Gasteiger partial charge < -0.3 is 10.1 Å². The summed E-state index contributed by atoms with van der Waals surface area (Å²) in [6.45, 7) is 6.36. The zero-order valence-corrected chi connectivity index (χ0v) is 19.6. The number of carbonyl (C=O) groups excluding carboxylic acids is 2. The molecular weight excluding hydrogens is 436 g/mol. The summed E-state index contributed by atoms with van der Waals surface area (Å²) in [6, 6.07) is 20.1. The van der Waals surface area contributed by atoms with Gasteiger partial charge in [0.2, 0.25) is 0 Å². The van der Waals surface area contributed by atoms with Gasteiger partial charge in [-0.2, -0.15) is 0 Å². The van der Waals surface area contributed by atoms with E-state index in [4.69, 9.17) is 16.3 Å². The summed E-state index contributed by atoms with van der Waals surface area (Å²) < 4.78 is 5.83. The molecule has 0 spiro atoms. The maximum atomic E-state index is 13.7. The minimum Gasteiger partial charge on any atom is -0.491 e. The minimum atomic E-state index is -0.445. The Labute approximate surface area is 198 Å². The molecule has 0 saturated heterocycles. The first-order valence-electron chi connectivity index (χ1n) is 10.9. The number of hydrogen-bond acceptors (Lipinski definition) is 4. The summed E-state index contributed by atoms with van der Waals surface area (Å²) in [5.41, 5.74) is 4.21. The summed E-state index contributed by atoms with van der Waals surface area (Å²) in [7, 11) is 0. The number of rotatable bonds is 7. The summed E-state index contributed by atoms with van der Waals surface area (Å²) in [4.78, 5) is 28.5. The number of aryl methyl sites for hydroxylation is 2. The number of anilines is 2. The van der Waals surface area contributed by atoms with Crippen LogP contribution in [0.4, 0.5) is 11.4 Å². The van der Waals surface area contributed by atoms with Gasteiger partial charge in [-0.15, -0.1) is 0 Å². The Kier molecular flexibility index (Phi) is 6.52. The van der Waals surface area contributed by atoms with Crippen LogP contribution in [0.1, 0.15) is 30.0 Å². The number of hydrogen-bond donors (Lipinski definition) is 1. The number of halogens is 1. The van der Waals surface area contributed by atoms with Crippen molar-refractivity contribution in [3.05, 3.63) is 94.1 Å². The molecule has 1 N–H and O–H groups in total. The summed E-state index contributed by atoms with van der Waals surface area (Å²) in [5, 5.41) is 3.73. The maximum Gasteiger partial charge on any atom is 0.282 e. The third-order valence-corrected chi connectivity index (χ3v) is 5.84. The summed E-state index contributed by atoms with van der Waals surface area (Å²) in [6.07, 6.45) is 0.810. The highest BCUT2D eigenvalue weighted by molar-refractivity contribution is 6.46. The Balaban J connectivity index is 1.81. The van der Waals surface area contributed by atoms with E-state index in [0.29, 0.717) is 39.9 Å². The van der Waals surface area contributed by atoms with Crippen LogP contribution >= 0.6 is 11.6 Å². The molecule has 3 aromatic rings. The van der Waals surface area contributed by atoms with Crippen LogP contribution in [0.15, 0.2) is 72.4 Å². The van der Waals surface area contributed by atoms with E-state index in [-0.39, 0.29) is 5.70 Å². The van der Waals surface area contributed by atoms with Crippen LogP contribution < -0.4 is 15.0 Å². The summed E-state index contributed by atoms with van der Waals surface area (Å²) in [5.74, 6) is -0.360. The van der Waals surface area contributed by atoms with Crippen molar-refractivity contribution in [1.29, 1.82) is 0 Å². The molecule has 6 heteroatoms. The highest BCUT2D eigenvalue weighted by Gasteiger charge is 2.41. The third kappa shape index (κ3) is 4.50. The van der Waals surface area contributed by atoms with Gasteiger partial charge in [0.25, 0.3) is 11.8 Å². The Hall–Kier alpha value is -3.57. The van der Waals surface area contributed by atoms with E-state index < -0.39 is 11.8 Å². The number of imide groups is 1. The van der Waals surface area contributed by atoms with Crippen molar-refractivity contribution < 1.29 is 14.3 Å². The van der Waals surface area contributed by atoms with Gasteiger partial charge in [-0.3, -0.25) is 9.59 Å². The van der Waals surface area contributed by atoms with Gasteiger partial charge in [0.15, 0.2) is 0 Å². The second-order valence-corrected chi connectivity index (χ2v) is 8.37. The molecule has 0 atom stereocenters. The van der Waals surface area contributed by atoms with Crippen molar-refractivity contribution in [3.63, 3.8) is 0 Å². The van der Waals surface area contributed by atoms with E-state index in [9.17, 15) is 9.59 Å². The molecule has 168 valence electrons. The van der Waals surface area contributed by atoms with Gasteiger partial charge in [-0.25, -0.2) is 4.90 Å². The first kappa shape index (κ1) is 22.6. The van der Waals surface area contributed by atoms with Crippen LogP contribution in [-0.2, 0) is 9.59 Å². The van der Waals surface area contributed by atoms with Gasteiger partial charge in [-0.1, -0.05) is 66.6 Å². The number of nitrogens with one attached hydrogen (secondary N) is 1. The maximum absolute atomic E-state index is 13.7. The zero-order valence-electron chi connectivity index (χ0n) is 18.8. The SMILES string of the molecule is CCCOc1ccccc1N1C(=O)C(Nc2ccc(C)c(Cl)c2)=C(c2ccc(C)cc2)C1=O. The highest BCUT2D eigenvalue weighted by atomic mass is 35.5. The number of nitrogens with zero attached hydrogens (tertiary/aromatic N) is 1. The topological polar surface area (TPSA) is 58.6 Å². The number of ether oxygens (including phenoxy) is 1. The first-order chi connectivity index (χ1) is 15.9. The van der Waals surface area contributed by atoms with Crippen molar-refractivity contribution in [2.75, 3.05) is 16.8 Å². The number of para-hydroxylation sites is 2. The van der Waals surface area contributed by atoms with Crippen LogP contribution in [0.3, 0.4) is 0 Å². The van der Waals surface area contributed by atoms with Crippen LogP contribution in [0.2, 0.25) is 5.02 Å². The predicted molar refractivity (Wildman–Crippen MR) is 133 cm³/mol. The molecule has 0 bridgehead atoms. The fourth-order valence-electron chi connectivity index (χ4n) is 3.64. The van der Waals surface area contributed by atoms with Crippen molar-refractivity contribution in [3.8, 4) is 5.75 Å². The lowest BCUT2D eigenvalue weighted by atomic mass is 10.0. The molecule has 0 saturated carbocycles. The smallest absolute Gasteiger partial charge is 0.282 e. The molecule has 1 heterocycles. The van der Waals surface area contributed by atoms with E-state index in [1.807, 2.05) is 63.2 Å².